The summed E-state index contributed by atoms with van der Waals surface area (Å²) in [5.74, 6) is -2.63. The molecule has 8 heteroatoms. The van der Waals surface area contributed by atoms with Crippen LogP contribution in [0.5, 0.6) is 0 Å². The monoisotopic (exact) mass is 511 g/mol. The lowest BCUT2D eigenvalue weighted by Gasteiger charge is -2.36. The molecule has 0 spiro atoms. The quantitative estimate of drug-likeness (QED) is 0.328. The molecule has 8 rings (SSSR count). The molecule has 4 aromatic carbocycles. The van der Waals surface area contributed by atoms with Gasteiger partial charge in [-0.15, -0.1) is 5.10 Å². The van der Waals surface area contributed by atoms with Gasteiger partial charge in [-0.05, 0) is 46.7 Å². The van der Waals surface area contributed by atoms with Gasteiger partial charge in [0.25, 0.3) is 5.91 Å². The van der Waals surface area contributed by atoms with Gasteiger partial charge in [0.05, 0.1) is 29.1 Å². The van der Waals surface area contributed by atoms with Crippen LogP contribution in [0.15, 0.2) is 97.1 Å². The molecule has 188 valence electrons. The van der Waals surface area contributed by atoms with Gasteiger partial charge in [-0.25, -0.2) is 4.90 Å². The highest BCUT2D eigenvalue weighted by Crippen LogP contribution is 2.49. The number of rotatable bonds is 2. The lowest BCUT2D eigenvalue weighted by Crippen LogP contribution is -2.50. The van der Waals surface area contributed by atoms with Crippen LogP contribution >= 0.6 is 0 Å². The summed E-state index contributed by atoms with van der Waals surface area (Å²) < 4.78 is 1.27. The highest BCUT2D eigenvalue weighted by molar-refractivity contribution is 6.25. The molecule has 2 saturated heterocycles. The fraction of sp³-hybridized carbons (Fsp3) is 0.129. The Morgan fingerprint density at radius 2 is 1.51 bits per heavy atom. The maximum absolute atomic E-state index is 14.3. The number of hydrogen-bond donors (Lipinski definition) is 0. The van der Waals surface area contributed by atoms with Gasteiger partial charge < -0.3 is 4.90 Å². The highest BCUT2D eigenvalue weighted by atomic mass is 16.2. The third-order valence-corrected chi connectivity index (χ3v) is 8.22. The molecule has 39 heavy (non-hydrogen) atoms. The van der Waals surface area contributed by atoms with Crippen molar-refractivity contribution in [3.05, 3.63) is 103 Å². The van der Waals surface area contributed by atoms with Crippen LogP contribution in [0.25, 0.3) is 27.9 Å². The van der Waals surface area contributed by atoms with Crippen LogP contribution in [0, 0.1) is 11.8 Å². The zero-order valence-electron chi connectivity index (χ0n) is 20.6. The molecule has 4 heterocycles. The zero-order valence-corrected chi connectivity index (χ0v) is 20.6. The molecule has 1 aromatic heterocycles. The van der Waals surface area contributed by atoms with Crippen molar-refractivity contribution in [3.8, 4) is 0 Å². The molecule has 5 aromatic rings. The minimum atomic E-state index is -0.932. The first-order valence-electron chi connectivity index (χ1n) is 12.9. The van der Waals surface area contributed by atoms with Crippen molar-refractivity contribution in [2.75, 3.05) is 9.80 Å². The Kier molecular flexibility index (Phi) is 4.47. The average Bonchev–Trinajstić information content (AvgIpc) is 3.63. The molecule has 4 atom stereocenters. The van der Waals surface area contributed by atoms with Gasteiger partial charge in [0.15, 0.2) is 0 Å². The average molecular weight is 512 g/mol. The molecule has 0 N–H and O–H groups in total. The molecule has 0 saturated carbocycles. The Labute approximate surface area is 222 Å². The van der Waals surface area contributed by atoms with Crippen LogP contribution in [-0.2, 0) is 9.59 Å². The number of nitrogens with zero attached hydrogens (tertiary/aromatic N) is 5. The van der Waals surface area contributed by atoms with Crippen molar-refractivity contribution in [1.29, 1.82) is 0 Å². The predicted octanol–water partition coefficient (Wildman–Crippen LogP) is 4.31. The molecule has 2 amide bonds. The lowest BCUT2D eigenvalue weighted by molar-refractivity contribution is -0.122. The van der Waals surface area contributed by atoms with E-state index in [1.807, 2.05) is 89.8 Å². The zero-order chi connectivity index (χ0) is 26.2. The molecular formula is C31H21N5O3. The molecular weight excluding hydrogens is 490 g/mol. The third-order valence-electron chi connectivity index (χ3n) is 8.22. The number of hydrogen-bond acceptors (Lipinski definition) is 6. The number of benzene rings is 4. The van der Waals surface area contributed by atoms with Gasteiger partial charge in [-0.2, -0.15) is 4.68 Å². The molecule has 0 unspecified atom stereocenters. The minimum Gasteiger partial charge on any atom is -0.351 e. The van der Waals surface area contributed by atoms with Gasteiger partial charge in [-0.3, -0.25) is 14.4 Å². The first-order valence-corrected chi connectivity index (χ1v) is 12.9. The summed E-state index contributed by atoms with van der Waals surface area (Å²) in [6, 6.07) is 27.0. The van der Waals surface area contributed by atoms with Crippen LogP contribution in [0.4, 0.5) is 11.4 Å². The van der Waals surface area contributed by atoms with E-state index in [9.17, 15) is 14.4 Å². The summed E-state index contributed by atoms with van der Waals surface area (Å²) in [4.78, 5) is 45.8. The SMILES string of the molecule is O=C1[C@@H]2[C@@H](C(=O)N1c1ccc3ccccc3c1)[C@@H](C(=O)n1nnc3ccccc31)N1c3ccccc3C=C[C@H]21. The van der Waals surface area contributed by atoms with Gasteiger partial charge >= 0.3 is 0 Å². The summed E-state index contributed by atoms with van der Waals surface area (Å²) in [6.07, 6.45) is 3.92. The third kappa shape index (κ3) is 2.96. The van der Waals surface area contributed by atoms with E-state index in [4.69, 9.17) is 0 Å². The Morgan fingerprint density at radius 1 is 0.769 bits per heavy atom. The van der Waals surface area contributed by atoms with E-state index >= 15 is 0 Å². The number of amides is 2. The second-order valence-electron chi connectivity index (χ2n) is 10.2. The summed E-state index contributed by atoms with van der Waals surface area (Å²) in [5.41, 5.74) is 3.41. The van der Waals surface area contributed by atoms with Crippen molar-refractivity contribution in [2.24, 2.45) is 11.8 Å². The molecule has 0 aliphatic carbocycles. The Hall–Kier alpha value is -5.11. The summed E-state index contributed by atoms with van der Waals surface area (Å²) in [5, 5.41) is 10.3. The Balaban J connectivity index is 1.29. The van der Waals surface area contributed by atoms with E-state index in [0.29, 0.717) is 16.7 Å². The molecule has 0 radical (unpaired) electrons. The minimum absolute atomic E-state index is 0.293. The van der Waals surface area contributed by atoms with E-state index in [0.717, 1.165) is 22.0 Å². The van der Waals surface area contributed by atoms with Crippen molar-refractivity contribution in [2.45, 2.75) is 12.1 Å². The number of para-hydroxylation sites is 2. The van der Waals surface area contributed by atoms with Crippen molar-refractivity contribution < 1.29 is 14.4 Å². The van der Waals surface area contributed by atoms with Crippen molar-refractivity contribution in [3.63, 3.8) is 0 Å². The normalized spacial score (nSPS) is 23.4. The lowest BCUT2D eigenvalue weighted by atomic mass is 9.88. The van der Waals surface area contributed by atoms with Gasteiger partial charge in [-0.1, -0.05) is 78.0 Å². The van der Waals surface area contributed by atoms with Crippen LogP contribution in [0.2, 0.25) is 0 Å². The molecule has 2 fully saturated rings. The number of fused-ring (bicyclic) bond motifs is 7. The van der Waals surface area contributed by atoms with Crippen molar-refractivity contribution in [1.82, 2.24) is 15.0 Å². The summed E-state index contributed by atoms with van der Waals surface area (Å²) >= 11 is 0. The topological polar surface area (TPSA) is 88.4 Å². The maximum Gasteiger partial charge on any atom is 0.272 e. The number of imide groups is 1. The number of carbonyl (C=O) groups excluding carboxylic acids is 3. The van der Waals surface area contributed by atoms with Gasteiger partial charge in [0.2, 0.25) is 11.8 Å². The highest BCUT2D eigenvalue weighted by Gasteiger charge is 2.64. The largest absolute Gasteiger partial charge is 0.351 e. The fourth-order valence-electron chi connectivity index (χ4n) is 6.52. The van der Waals surface area contributed by atoms with Crippen LogP contribution in [0.3, 0.4) is 0 Å². The first kappa shape index (κ1) is 21.9. The second kappa shape index (κ2) is 7.94. The van der Waals surface area contributed by atoms with Crippen molar-refractivity contribution >= 4 is 57.0 Å². The molecule has 0 bridgehead atoms. The molecule has 3 aliphatic heterocycles. The molecule has 3 aliphatic rings. The van der Waals surface area contributed by atoms with E-state index < -0.39 is 23.9 Å². The van der Waals surface area contributed by atoms with E-state index in [1.165, 1.54) is 9.58 Å². The Morgan fingerprint density at radius 3 is 2.41 bits per heavy atom. The van der Waals surface area contributed by atoms with Gasteiger partial charge in [0.1, 0.15) is 11.6 Å². The van der Waals surface area contributed by atoms with Gasteiger partial charge in [0, 0.05) is 5.69 Å². The number of aromatic nitrogens is 3. The number of anilines is 2. The summed E-state index contributed by atoms with van der Waals surface area (Å²) in [6.45, 7) is 0. The Bertz CT molecular complexity index is 1890. The van der Waals surface area contributed by atoms with E-state index in [-0.39, 0.29) is 17.7 Å². The predicted molar refractivity (Wildman–Crippen MR) is 147 cm³/mol. The summed E-state index contributed by atoms with van der Waals surface area (Å²) in [7, 11) is 0. The van der Waals surface area contributed by atoms with Crippen LogP contribution in [-0.4, -0.2) is 44.8 Å². The molecule has 8 nitrogen and oxygen atoms in total. The van der Waals surface area contributed by atoms with Crippen LogP contribution in [0.1, 0.15) is 10.4 Å². The fourth-order valence-corrected chi connectivity index (χ4v) is 6.52. The van der Waals surface area contributed by atoms with E-state index in [2.05, 4.69) is 10.3 Å². The van der Waals surface area contributed by atoms with E-state index in [1.54, 1.807) is 18.2 Å². The van der Waals surface area contributed by atoms with Crippen LogP contribution < -0.4 is 9.80 Å². The maximum atomic E-state index is 14.3. The number of carbonyl (C=O) groups is 3. The smallest absolute Gasteiger partial charge is 0.272 e. The standard InChI is InChI=1S/C31H21N5O3/c37-29-26-25-16-14-19-8-3-5-11-23(19)35(25)28(31(39)36-24-12-6-4-10-22(24)32-33-36)27(26)30(38)34(29)21-15-13-18-7-1-2-9-20(18)17-21/h1-17,25-28H/t25-,26+,27-,28+/m1/s1. The first-order chi connectivity index (χ1) is 19.1. The second-order valence-corrected chi connectivity index (χ2v) is 10.2.